The highest BCUT2D eigenvalue weighted by molar-refractivity contribution is 5.90. The number of ketones is 1. The first-order valence-electron chi connectivity index (χ1n) is 18.6. The number of carbonyl (C=O) groups excluding carboxylic acids is 1. The molecule has 0 radical (unpaired) electrons. The van der Waals surface area contributed by atoms with E-state index in [1.54, 1.807) is 13.2 Å². The van der Waals surface area contributed by atoms with Crippen molar-refractivity contribution in [2.24, 2.45) is 46.0 Å². The molecule has 1 aromatic rings. The minimum absolute atomic E-state index is 0.0144. The molecular formula is C41H55N3O5. The summed E-state index contributed by atoms with van der Waals surface area (Å²) in [6.07, 6.45) is 18.4. The number of hydrogen-bond acceptors (Lipinski definition) is 6. The third kappa shape index (κ3) is 7.49. The number of nitrogens with two attached hydrogens (primary N) is 2. The second kappa shape index (κ2) is 15.6. The van der Waals surface area contributed by atoms with Crippen molar-refractivity contribution < 1.29 is 24.5 Å². The Labute approximate surface area is 292 Å². The third-order valence-electron chi connectivity index (χ3n) is 11.8. The van der Waals surface area contributed by atoms with Crippen molar-refractivity contribution in [1.82, 2.24) is 0 Å². The standard InChI is InChI=1S/C41H55N3O5/c1-4-8-25(23-45)20-28(46)16-15-27-22-36(49-29-9-5-6-10-29)40(47)39-30(27)11-7-12-34(44-41(42)43)31-17-18-35(48-3)37-33(31)21-26-14-13-24(2)19-32(26)38(37)39/h17-18,20-22,24,29,31-35,37-38,45,47H,4-6,8-10,12-16,19,23H2,1-3H3,(H4,42,43,44)/b25-20-/t24-,31-,32+,33+,34-,35-,37-,38-/m0/s1. The molecule has 5 aliphatic carbocycles. The number of phenols is 1. The number of hydrogen-bond donors (Lipinski definition) is 4. The fourth-order valence-corrected chi connectivity index (χ4v) is 9.50. The van der Waals surface area contributed by atoms with Gasteiger partial charge in [-0.15, -0.1) is 0 Å². The molecule has 1 aromatic carbocycles. The number of aliphatic imine (C=N–C) groups is 1. The largest absolute Gasteiger partial charge is 0.504 e. The number of aliphatic hydroxyl groups is 1. The molecule has 0 aliphatic heterocycles. The van der Waals surface area contributed by atoms with Gasteiger partial charge in [-0.1, -0.05) is 55.9 Å². The molecule has 0 amide bonds. The first kappa shape index (κ1) is 35.3. The summed E-state index contributed by atoms with van der Waals surface area (Å²) >= 11 is 0. The predicted molar refractivity (Wildman–Crippen MR) is 193 cm³/mol. The number of guanidine groups is 1. The maximum Gasteiger partial charge on any atom is 0.186 e. The van der Waals surface area contributed by atoms with E-state index in [1.807, 2.05) is 13.0 Å². The molecule has 0 saturated heterocycles. The number of aryl methyl sites for hydroxylation is 1. The summed E-state index contributed by atoms with van der Waals surface area (Å²) in [4.78, 5) is 18.0. The average Bonchev–Trinajstić information content (AvgIpc) is 3.59. The van der Waals surface area contributed by atoms with Crippen LogP contribution in [0.25, 0.3) is 0 Å². The van der Waals surface area contributed by atoms with E-state index in [-0.39, 0.29) is 78.4 Å². The Balaban J connectivity index is 1.56. The molecule has 0 spiro atoms. The van der Waals surface area contributed by atoms with Gasteiger partial charge in [0.25, 0.3) is 0 Å². The first-order valence-corrected chi connectivity index (χ1v) is 18.6. The van der Waals surface area contributed by atoms with Crippen LogP contribution >= 0.6 is 0 Å². The molecule has 264 valence electrons. The molecule has 2 fully saturated rings. The highest BCUT2D eigenvalue weighted by atomic mass is 16.5. The SMILES string of the molecule is CCC/C(=C/C(=O)CCc1cc(OC2CCCC2)c(O)c2c1C#CC[C@H](N=C(N)N)[C@H]1C=C[C@H](OC)[C@@H]3[C@@H]1C=C1CC[C@H](C)C[C@H]1[C@H]23)CO. The minimum Gasteiger partial charge on any atom is -0.504 e. The van der Waals surface area contributed by atoms with Crippen LogP contribution in [0.15, 0.2) is 46.5 Å². The first-order chi connectivity index (χ1) is 23.7. The number of carbonyl (C=O) groups is 1. The molecule has 8 heteroatoms. The molecule has 0 heterocycles. The van der Waals surface area contributed by atoms with Crippen LogP contribution < -0.4 is 16.2 Å². The van der Waals surface area contributed by atoms with Crippen LogP contribution in [0, 0.1) is 41.4 Å². The van der Waals surface area contributed by atoms with E-state index >= 15 is 0 Å². The Kier molecular flexibility index (Phi) is 11.2. The van der Waals surface area contributed by atoms with Gasteiger partial charge in [0.2, 0.25) is 0 Å². The second-order valence-electron chi connectivity index (χ2n) is 15.1. The highest BCUT2D eigenvalue weighted by Gasteiger charge is 2.52. The van der Waals surface area contributed by atoms with E-state index in [0.29, 0.717) is 30.9 Å². The van der Waals surface area contributed by atoms with Crippen LogP contribution in [0.5, 0.6) is 11.5 Å². The quantitative estimate of drug-likeness (QED) is 0.0721. The van der Waals surface area contributed by atoms with Crippen LogP contribution in [0.4, 0.5) is 0 Å². The molecule has 6 rings (SSSR count). The molecule has 8 nitrogen and oxygen atoms in total. The summed E-state index contributed by atoms with van der Waals surface area (Å²) < 4.78 is 12.9. The van der Waals surface area contributed by atoms with E-state index in [2.05, 4.69) is 37.0 Å². The van der Waals surface area contributed by atoms with Gasteiger partial charge in [0.1, 0.15) is 0 Å². The summed E-state index contributed by atoms with van der Waals surface area (Å²) in [5, 5.41) is 22.3. The second-order valence-corrected chi connectivity index (χ2v) is 15.1. The topological polar surface area (TPSA) is 140 Å². The molecular weight excluding hydrogens is 614 g/mol. The lowest BCUT2D eigenvalue weighted by Gasteiger charge is -2.52. The van der Waals surface area contributed by atoms with Crippen LogP contribution in [0.2, 0.25) is 0 Å². The lowest BCUT2D eigenvalue weighted by Crippen LogP contribution is -2.48. The van der Waals surface area contributed by atoms with Crippen molar-refractivity contribution in [3.05, 3.63) is 58.2 Å². The number of methoxy groups -OCH3 is 1. The van der Waals surface area contributed by atoms with Gasteiger partial charge in [-0.3, -0.25) is 4.79 Å². The smallest absolute Gasteiger partial charge is 0.186 e. The van der Waals surface area contributed by atoms with Crippen LogP contribution in [-0.2, 0) is 16.0 Å². The number of aromatic hydroxyl groups is 1. The molecule has 6 N–H and O–H groups in total. The number of rotatable bonds is 11. The molecule has 4 bridgehead atoms. The summed E-state index contributed by atoms with van der Waals surface area (Å²) in [5.41, 5.74) is 16.8. The number of nitrogens with zero attached hydrogens (tertiary/aromatic N) is 1. The zero-order valence-corrected chi connectivity index (χ0v) is 29.5. The van der Waals surface area contributed by atoms with Gasteiger partial charge in [0.15, 0.2) is 23.2 Å². The number of benzene rings is 1. The Bertz CT molecular complexity index is 1570. The fraction of sp³-hybridized carbons (Fsp3) is 0.610. The molecule has 8 atom stereocenters. The summed E-state index contributed by atoms with van der Waals surface area (Å²) in [6.45, 7) is 4.25. The van der Waals surface area contributed by atoms with Crippen molar-refractivity contribution in [3.63, 3.8) is 0 Å². The molecule has 0 aromatic heterocycles. The molecule has 0 unspecified atom stereocenters. The van der Waals surface area contributed by atoms with Gasteiger partial charge in [-0.05, 0) is 98.8 Å². The Morgan fingerprint density at radius 1 is 1.14 bits per heavy atom. The monoisotopic (exact) mass is 669 g/mol. The van der Waals surface area contributed by atoms with Gasteiger partial charge in [-0.25, -0.2) is 4.99 Å². The van der Waals surface area contributed by atoms with Crippen molar-refractivity contribution in [2.75, 3.05) is 13.7 Å². The van der Waals surface area contributed by atoms with Gasteiger partial charge in [0.05, 0.1) is 24.9 Å². The maximum absolute atomic E-state index is 13.3. The van der Waals surface area contributed by atoms with E-state index in [4.69, 9.17) is 25.9 Å². The summed E-state index contributed by atoms with van der Waals surface area (Å²) in [7, 11) is 1.77. The third-order valence-corrected chi connectivity index (χ3v) is 11.8. The van der Waals surface area contributed by atoms with Crippen molar-refractivity contribution in [1.29, 1.82) is 0 Å². The van der Waals surface area contributed by atoms with E-state index in [9.17, 15) is 15.0 Å². The number of phenolic OH excluding ortho intramolecular Hbond substituents is 1. The minimum atomic E-state index is -0.235. The molecule has 2 saturated carbocycles. The lowest BCUT2D eigenvalue weighted by molar-refractivity contribution is -0.114. The molecule has 49 heavy (non-hydrogen) atoms. The lowest BCUT2D eigenvalue weighted by atomic mass is 9.53. The molecule has 5 aliphatic rings. The van der Waals surface area contributed by atoms with Crippen LogP contribution in [0.1, 0.15) is 107 Å². The Hall–Kier alpha value is -3.54. The van der Waals surface area contributed by atoms with Crippen LogP contribution in [0.3, 0.4) is 0 Å². The Morgan fingerprint density at radius 2 is 1.94 bits per heavy atom. The van der Waals surface area contributed by atoms with Gasteiger partial charge >= 0.3 is 0 Å². The van der Waals surface area contributed by atoms with Crippen LogP contribution in [-0.4, -0.2) is 53.9 Å². The van der Waals surface area contributed by atoms with Crippen molar-refractivity contribution in [2.45, 2.75) is 115 Å². The van der Waals surface area contributed by atoms with Crippen molar-refractivity contribution >= 4 is 11.7 Å². The normalized spacial score (nSPS) is 30.7. The van der Waals surface area contributed by atoms with Gasteiger partial charge < -0.3 is 31.2 Å². The Morgan fingerprint density at radius 3 is 2.65 bits per heavy atom. The van der Waals surface area contributed by atoms with E-state index in [0.717, 1.165) is 73.6 Å². The zero-order chi connectivity index (χ0) is 34.7. The average molecular weight is 670 g/mol. The fourth-order valence-electron chi connectivity index (χ4n) is 9.50. The van der Waals surface area contributed by atoms with E-state index in [1.165, 1.54) is 5.57 Å². The number of ether oxygens (including phenoxy) is 2. The van der Waals surface area contributed by atoms with E-state index < -0.39 is 0 Å². The van der Waals surface area contributed by atoms with Crippen molar-refractivity contribution in [3.8, 4) is 23.3 Å². The van der Waals surface area contributed by atoms with Gasteiger partial charge in [-0.2, -0.15) is 0 Å². The number of fused-ring (bicyclic) bond motifs is 4. The predicted octanol–water partition coefficient (Wildman–Crippen LogP) is 6.22. The number of aliphatic hydroxyl groups excluding tert-OH is 1. The summed E-state index contributed by atoms with van der Waals surface area (Å²) in [6, 6.07) is 1.70. The number of allylic oxidation sites excluding steroid dienone is 3. The highest BCUT2D eigenvalue weighted by Crippen LogP contribution is 2.59. The maximum atomic E-state index is 13.3. The van der Waals surface area contributed by atoms with Gasteiger partial charge in [0, 0.05) is 48.8 Å². The summed E-state index contributed by atoms with van der Waals surface area (Å²) in [5.74, 6) is 8.47. The zero-order valence-electron chi connectivity index (χ0n) is 29.5.